The molecule has 0 aliphatic heterocycles. The highest BCUT2D eigenvalue weighted by Gasteiger charge is 2.21. The molecule has 0 atom stereocenters. The zero-order valence-corrected chi connectivity index (χ0v) is 17.1. The Morgan fingerprint density at radius 1 is 1.13 bits per heavy atom. The van der Waals surface area contributed by atoms with Crippen molar-refractivity contribution in [2.45, 2.75) is 27.3 Å². The lowest BCUT2D eigenvalue weighted by Crippen LogP contribution is -2.46. The summed E-state index contributed by atoms with van der Waals surface area (Å²) in [5.41, 5.74) is -0.597. The zero-order chi connectivity index (χ0) is 21.8. The van der Waals surface area contributed by atoms with E-state index < -0.39 is 28.7 Å². The molecule has 0 aliphatic rings. The molecule has 0 radical (unpaired) electrons. The van der Waals surface area contributed by atoms with Gasteiger partial charge in [-0.3, -0.25) is 14.2 Å². The third kappa shape index (κ3) is 4.53. The van der Waals surface area contributed by atoms with Gasteiger partial charge >= 0.3 is 5.69 Å². The van der Waals surface area contributed by atoms with Crippen LogP contribution < -0.4 is 16.6 Å². The number of carbonyl (C=O) groups excluding carboxylic acids is 1. The van der Waals surface area contributed by atoms with Crippen molar-refractivity contribution in [2.75, 3.05) is 6.54 Å². The van der Waals surface area contributed by atoms with Crippen LogP contribution in [-0.4, -0.2) is 26.8 Å². The molecule has 1 amide bonds. The maximum Gasteiger partial charge on any atom is 0.352 e. The molecule has 2 aromatic carbocycles. The molecule has 30 heavy (non-hydrogen) atoms. The first-order valence-electron chi connectivity index (χ1n) is 9.60. The fourth-order valence-corrected chi connectivity index (χ4v) is 2.95. The van der Waals surface area contributed by atoms with Gasteiger partial charge in [-0.15, -0.1) is 0 Å². The van der Waals surface area contributed by atoms with E-state index in [1.807, 2.05) is 39.0 Å². The molecule has 3 aromatic rings. The van der Waals surface area contributed by atoms with Crippen molar-refractivity contribution >= 4 is 5.91 Å². The highest BCUT2D eigenvalue weighted by atomic mass is 19.1. The molecule has 0 saturated heterocycles. The van der Waals surface area contributed by atoms with E-state index in [4.69, 9.17) is 0 Å². The van der Waals surface area contributed by atoms with Crippen molar-refractivity contribution < 1.29 is 9.18 Å². The van der Waals surface area contributed by atoms with Gasteiger partial charge in [-0.2, -0.15) is 9.78 Å². The second-order valence-electron chi connectivity index (χ2n) is 7.48. The standard InChI is InChI=1S/C22H23FN4O3/c1-14(2)12-24-20(28)19-21(29)26(13-16-8-6-7-15(3)11-16)22(30)27(25-19)18-10-5-4-9-17(18)23/h4-11,14H,12-13H2,1-3H3,(H,24,28). The summed E-state index contributed by atoms with van der Waals surface area (Å²) in [5.74, 6) is -1.25. The Morgan fingerprint density at radius 3 is 2.53 bits per heavy atom. The molecule has 0 unspecified atom stereocenters. The van der Waals surface area contributed by atoms with E-state index in [-0.39, 0.29) is 18.2 Å². The predicted octanol–water partition coefficient (Wildman–Crippen LogP) is 2.28. The minimum Gasteiger partial charge on any atom is -0.350 e. The van der Waals surface area contributed by atoms with Gasteiger partial charge in [0.1, 0.15) is 11.5 Å². The summed E-state index contributed by atoms with van der Waals surface area (Å²) in [7, 11) is 0. The van der Waals surface area contributed by atoms with E-state index >= 15 is 0 Å². The van der Waals surface area contributed by atoms with Crippen LogP contribution in [0.15, 0.2) is 58.1 Å². The van der Waals surface area contributed by atoms with Gasteiger partial charge in [0.05, 0.1) is 6.54 Å². The molecule has 1 N–H and O–H groups in total. The summed E-state index contributed by atoms with van der Waals surface area (Å²) in [5, 5.41) is 6.55. The first kappa shape index (κ1) is 21.2. The second kappa shape index (κ2) is 8.86. The molecule has 0 spiro atoms. The summed E-state index contributed by atoms with van der Waals surface area (Å²) >= 11 is 0. The molecule has 0 bridgehead atoms. The molecule has 0 fully saturated rings. The number of nitrogens with zero attached hydrogens (tertiary/aromatic N) is 3. The van der Waals surface area contributed by atoms with Gasteiger partial charge in [0.15, 0.2) is 0 Å². The largest absolute Gasteiger partial charge is 0.352 e. The van der Waals surface area contributed by atoms with Crippen LogP contribution in [0.3, 0.4) is 0 Å². The quantitative estimate of drug-likeness (QED) is 0.676. The van der Waals surface area contributed by atoms with Gasteiger partial charge in [0.25, 0.3) is 11.5 Å². The zero-order valence-electron chi connectivity index (χ0n) is 17.1. The minimum absolute atomic E-state index is 0.0687. The molecule has 8 heteroatoms. The van der Waals surface area contributed by atoms with Gasteiger partial charge in [-0.1, -0.05) is 55.8 Å². The van der Waals surface area contributed by atoms with E-state index in [9.17, 15) is 18.8 Å². The Labute approximate surface area is 172 Å². The van der Waals surface area contributed by atoms with Crippen LogP contribution in [0.5, 0.6) is 0 Å². The highest BCUT2D eigenvalue weighted by Crippen LogP contribution is 2.10. The van der Waals surface area contributed by atoms with Gasteiger partial charge in [0, 0.05) is 6.54 Å². The van der Waals surface area contributed by atoms with Crippen LogP contribution in [-0.2, 0) is 6.54 Å². The maximum absolute atomic E-state index is 14.4. The Morgan fingerprint density at radius 2 is 1.87 bits per heavy atom. The number of hydrogen-bond acceptors (Lipinski definition) is 4. The van der Waals surface area contributed by atoms with Gasteiger partial charge in [0.2, 0.25) is 5.69 Å². The second-order valence-corrected chi connectivity index (χ2v) is 7.48. The number of rotatable bonds is 6. The predicted molar refractivity (Wildman–Crippen MR) is 112 cm³/mol. The summed E-state index contributed by atoms with van der Waals surface area (Å²) < 4.78 is 16.0. The average molecular weight is 410 g/mol. The maximum atomic E-state index is 14.4. The third-order valence-electron chi connectivity index (χ3n) is 4.45. The summed E-state index contributed by atoms with van der Waals surface area (Å²) in [6.45, 7) is 5.96. The van der Waals surface area contributed by atoms with Gasteiger partial charge in [-0.05, 0) is 30.5 Å². The number of nitrogens with one attached hydrogen (secondary N) is 1. The molecule has 7 nitrogen and oxygen atoms in total. The van der Waals surface area contributed by atoms with Gasteiger partial charge in [-0.25, -0.2) is 9.18 Å². The first-order valence-corrected chi connectivity index (χ1v) is 9.60. The number of carbonyl (C=O) groups is 1. The monoisotopic (exact) mass is 410 g/mol. The smallest absolute Gasteiger partial charge is 0.350 e. The number of halogens is 1. The number of amides is 1. The Balaban J connectivity index is 2.19. The molecule has 3 rings (SSSR count). The fourth-order valence-electron chi connectivity index (χ4n) is 2.95. The van der Waals surface area contributed by atoms with E-state index in [2.05, 4.69) is 10.4 Å². The molecule has 0 saturated carbocycles. The molecule has 156 valence electrons. The SMILES string of the molecule is Cc1cccc(Cn2c(=O)c(C(=O)NCC(C)C)nn(-c3ccccc3F)c2=O)c1. The van der Waals surface area contributed by atoms with Crippen molar-refractivity contribution in [1.29, 1.82) is 0 Å². The Kier molecular flexibility index (Phi) is 6.25. The highest BCUT2D eigenvalue weighted by molar-refractivity contribution is 5.91. The van der Waals surface area contributed by atoms with Crippen LogP contribution >= 0.6 is 0 Å². The fraction of sp³-hybridized carbons (Fsp3) is 0.273. The molecular weight excluding hydrogens is 387 g/mol. The van der Waals surface area contributed by atoms with E-state index in [0.29, 0.717) is 12.1 Å². The van der Waals surface area contributed by atoms with Crippen molar-refractivity contribution in [2.24, 2.45) is 5.92 Å². The van der Waals surface area contributed by atoms with Crippen LogP contribution in [0.25, 0.3) is 5.69 Å². The molecule has 0 aliphatic carbocycles. The normalized spacial score (nSPS) is 11.0. The number of aryl methyl sites for hydroxylation is 1. The van der Waals surface area contributed by atoms with Crippen molar-refractivity contribution in [3.8, 4) is 5.69 Å². The van der Waals surface area contributed by atoms with Crippen LogP contribution in [0.4, 0.5) is 4.39 Å². The van der Waals surface area contributed by atoms with E-state index in [0.717, 1.165) is 14.8 Å². The average Bonchev–Trinajstić information content (AvgIpc) is 2.70. The summed E-state index contributed by atoms with van der Waals surface area (Å²) in [6.07, 6.45) is 0. The third-order valence-corrected chi connectivity index (χ3v) is 4.45. The number of hydrogen-bond donors (Lipinski definition) is 1. The van der Waals surface area contributed by atoms with Crippen LogP contribution in [0.1, 0.15) is 35.5 Å². The Hall–Kier alpha value is -3.55. The van der Waals surface area contributed by atoms with Crippen LogP contribution in [0, 0.1) is 18.7 Å². The molecule has 1 heterocycles. The topological polar surface area (TPSA) is 86.0 Å². The van der Waals surface area contributed by atoms with Crippen molar-refractivity contribution in [1.82, 2.24) is 19.7 Å². The van der Waals surface area contributed by atoms with E-state index in [1.165, 1.54) is 18.2 Å². The minimum atomic E-state index is -0.827. The van der Waals surface area contributed by atoms with Crippen molar-refractivity contribution in [3.05, 3.63) is 92.0 Å². The lowest BCUT2D eigenvalue weighted by Gasteiger charge is -2.13. The molecule has 1 aromatic heterocycles. The first-order chi connectivity index (χ1) is 14.3. The van der Waals surface area contributed by atoms with Crippen molar-refractivity contribution in [3.63, 3.8) is 0 Å². The number of aromatic nitrogens is 3. The number of benzene rings is 2. The summed E-state index contributed by atoms with van der Waals surface area (Å²) in [6, 6.07) is 12.9. The summed E-state index contributed by atoms with van der Waals surface area (Å²) in [4.78, 5) is 38.6. The van der Waals surface area contributed by atoms with Crippen LogP contribution in [0.2, 0.25) is 0 Å². The lowest BCUT2D eigenvalue weighted by atomic mass is 10.1. The molecular formula is C22H23FN4O3. The Bertz CT molecular complexity index is 1200. The van der Waals surface area contributed by atoms with E-state index in [1.54, 1.807) is 12.1 Å². The van der Waals surface area contributed by atoms with Gasteiger partial charge < -0.3 is 5.32 Å². The number of para-hydroxylation sites is 1. The lowest BCUT2D eigenvalue weighted by molar-refractivity contribution is 0.0939.